The molecule has 0 spiro atoms. The largest absolute Gasteiger partial charge is 0.433 e. The van der Waals surface area contributed by atoms with Gasteiger partial charge in [0, 0.05) is 27.7 Å². The molecular formula is C19H9ClF3N5OS. The highest BCUT2D eigenvalue weighted by atomic mass is 35.5. The fraction of sp³-hybridized carbons (Fsp3) is 0.0526. The zero-order valence-corrected chi connectivity index (χ0v) is 16.3. The number of benzene rings is 1. The van der Waals surface area contributed by atoms with Crippen molar-refractivity contribution < 1.29 is 13.2 Å². The van der Waals surface area contributed by atoms with E-state index >= 15 is 0 Å². The second-order valence-electron chi connectivity index (χ2n) is 6.35. The van der Waals surface area contributed by atoms with Crippen molar-refractivity contribution in [3.8, 4) is 22.5 Å². The minimum absolute atomic E-state index is 0.0600. The number of thiophene rings is 1. The number of halogens is 4. The molecule has 0 unspecified atom stereocenters. The highest BCUT2D eigenvalue weighted by molar-refractivity contribution is 7.17. The van der Waals surface area contributed by atoms with Crippen molar-refractivity contribution in [1.82, 2.24) is 24.6 Å². The van der Waals surface area contributed by atoms with Crippen LogP contribution in [0.2, 0.25) is 5.02 Å². The first-order valence-electron chi connectivity index (χ1n) is 8.51. The van der Waals surface area contributed by atoms with E-state index in [0.29, 0.717) is 30.9 Å². The molecule has 150 valence electrons. The van der Waals surface area contributed by atoms with Crippen molar-refractivity contribution >= 4 is 38.8 Å². The maximum absolute atomic E-state index is 13.2. The van der Waals surface area contributed by atoms with Crippen LogP contribution >= 0.6 is 22.9 Å². The first kappa shape index (κ1) is 18.8. The van der Waals surface area contributed by atoms with Crippen LogP contribution in [-0.4, -0.2) is 24.6 Å². The van der Waals surface area contributed by atoms with Gasteiger partial charge >= 0.3 is 6.18 Å². The molecule has 6 nitrogen and oxygen atoms in total. The number of fused-ring (bicyclic) bond motifs is 2. The lowest BCUT2D eigenvalue weighted by Crippen LogP contribution is -2.13. The van der Waals surface area contributed by atoms with Gasteiger partial charge in [0.2, 0.25) is 0 Å². The molecule has 4 aromatic heterocycles. The molecule has 0 atom stereocenters. The number of rotatable bonds is 2. The molecule has 0 amide bonds. The molecule has 0 saturated carbocycles. The Labute approximate surface area is 174 Å². The molecule has 0 radical (unpaired) electrons. The van der Waals surface area contributed by atoms with Gasteiger partial charge in [-0.1, -0.05) is 29.8 Å². The molecule has 0 aliphatic rings. The minimum atomic E-state index is -4.60. The molecule has 30 heavy (non-hydrogen) atoms. The first-order valence-corrected chi connectivity index (χ1v) is 9.77. The molecule has 0 aliphatic heterocycles. The Morgan fingerprint density at radius 1 is 1.10 bits per heavy atom. The number of H-pyrrole nitrogens is 1. The number of hydrogen-bond donors (Lipinski definition) is 1. The van der Waals surface area contributed by atoms with Crippen LogP contribution in [0.1, 0.15) is 5.69 Å². The molecule has 0 saturated heterocycles. The molecule has 1 aromatic carbocycles. The van der Waals surface area contributed by atoms with Crippen molar-refractivity contribution in [2.45, 2.75) is 6.18 Å². The lowest BCUT2D eigenvalue weighted by Gasteiger charge is -2.08. The van der Waals surface area contributed by atoms with Crippen LogP contribution < -0.4 is 5.56 Å². The van der Waals surface area contributed by atoms with E-state index in [-0.39, 0.29) is 17.0 Å². The second-order valence-corrected chi connectivity index (χ2v) is 7.61. The van der Waals surface area contributed by atoms with Crippen molar-refractivity contribution in [1.29, 1.82) is 0 Å². The quantitative estimate of drug-likeness (QED) is 0.411. The normalized spacial score (nSPS) is 12.1. The summed E-state index contributed by atoms with van der Waals surface area (Å²) in [7, 11) is 0. The summed E-state index contributed by atoms with van der Waals surface area (Å²) in [5.74, 6) is 0.0851. The molecule has 4 heterocycles. The number of nitrogens with one attached hydrogen (secondary N) is 1. The fourth-order valence-corrected chi connectivity index (χ4v) is 4.40. The van der Waals surface area contributed by atoms with E-state index in [9.17, 15) is 18.0 Å². The molecular weight excluding hydrogens is 439 g/mol. The minimum Gasteiger partial charge on any atom is -0.306 e. The number of aromatic nitrogens is 5. The molecule has 1 N–H and O–H groups in total. The third kappa shape index (κ3) is 2.87. The maximum atomic E-state index is 13.2. The Hall–Kier alpha value is -3.24. The molecule has 11 heteroatoms. The first-order chi connectivity index (χ1) is 14.3. The van der Waals surface area contributed by atoms with Gasteiger partial charge in [-0.3, -0.25) is 4.79 Å². The Kier molecular flexibility index (Phi) is 4.16. The lowest BCUT2D eigenvalue weighted by atomic mass is 10.1. The van der Waals surface area contributed by atoms with Gasteiger partial charge in [0.05, 0.1) is 17.1 Å². The smallest absolute Gasteiger partial charge is 0.306 e. The van der Waals surface area contributed by atoms with Crippen molar-refractivity contribution in [2.24, 2.45) is 0 Å². The number of aromatic amines is 1. The van der Waals surface area contributed by atoms with Crippen LogP contribution in [0.5, 0.6) is 0 Å². The molecule has 5 aromatic rings. The number of hydrogen-bond acceptors (Lipinski definition) is 5. The number of nitrogens with zero attached hydrogens (tertiary/aromatic N) is 4. The van der Waals surface area contributed by atoms with Gasteiger partial charge in [0.25, 0.3) is 5.56 Å². The lowest BCUT2D eigenvalue weighted by molar-refractivity contribution is -0.142. The highest BCUT2D eigenvalue weighted by Crippen LogP contribution is 2.36. The SMILES string of the molecule is O=c1[nH]c(-c2cnn3c(C(F)(F)F)ccnc23)nc2scc(-c3ccccc3Cl)c12. The van der Waals surface area contributed by atoms with Crippen LogP contribution in [0.25, 0.3) is 38.4 Å². The van der Waals surface area contributed by atoms with E-state index in [1.54, 1.807) is 23.6 Å². The Morgan fingerprint density at radius 3 is 2.67 bits per heavy atom. The van der Waals surface area contributed by atoms with Crippen LogP contribution in [0.3, 0.4) is 0 Å². The topological polar surface area (TPSA) is 75.9 Å². The summed E-state index contributed by atoms with van der Waals surface area (Å²) in [4.78, 5) is 24.4. The predicted octanol–water partition coefficient (Wildman–Crippen LogP) is 5.03. The van der Waals surface area contributed by atoms with E-state index < -0.39 is 17.4 Å². The summed E-state index contributed by atoms with van der Waals surface area (Å²) < 4.78 is 40.4. The summed E-state index contributed by atoms with van der Waals surface area (Å²) >= 11 is 7.50. The van der Waals surface area contributed by atoms with Crippen molar-refractivity contribution in [3.05, 3.63) is 69.2 Å². The molecule has 0 bridgehead atoms. The van der Waals surface area contributed by atoms with Gasteiger partial charge in [0.15, 0.2) is 5.65 Å². The van der Waals surface area contributed by atoms with Gasteiger partial charge in [-0.15, -0.1) is 11.3 Å². The van der Waals surface area contributed by atoms with Crippen LogP contribution in [0.15, 0.2) is 52.9 Å². The van der Waals surface area contributed by atoms with E-state index in [4.69, 9.17) is 11.6 Å². The number of alkyl halides is 3. The molecule has 5 rings (SSSR count). The summed E-state index contributed by atoms with van der Waals surface area (Å²) in [5.41, 5.74) is 0.0518. The maximum Gasteiger partial charge on any atom is 0.433 e. The predicted molar refractivity (Wildman–Crippen MR) is 108 cm³/mol. The summed E-state index contributed by atoms with van der Waals surface area (Å²) in [6.07, 6.45) is -2.36. The Bertz CT molecular complexity index is 1490. The van der Waals surface area contributed by atoms with E-state index in [1.807, 2.05) is 6.07 Å². The van der Waals surface area contributed by atoms with E-state index in [1.165, 1.54) is 17.5 Å². The zero-order chi connectivity index (χ0) is 21.0. The standard InChI is InChI=1S/C19H9ClF3N5OS/c20-12-4-2-1-3-9(12)11-8-30-18-14(11)17(29)26-15(27-18)10-7-25-28-13(19(21,22)23)5-6-24-16(10)28/h1-8H,(H,26,27,29). The average Bonchev–Trinajstić information content (AvgIpc) is 3.31. The fourth-order valence-electron chi connectivity index (χ4n) is 3.23. The Balaban J connectivity index is 1.71. The van der Waals surface area contributed by atoms with Gasteiger partial charge < -0.3 is 4.98 Å². The molecule has 0 aliphatic carbocycles. The van der Waals surface area contributed by atoms with Crippen LogP contribution in [-0.2, 0) is 6.18 Å². The average molecular weight is 448 g/mol. The van der Waals surface area contributed by atoms with Crippen molar-refractivity contribution in [3.63, 3.8) is 0 Å². The second kappa shape index (κ2) is 6.64. The van der Waals surface area contributed by atoms with Gasteiger partial charge in [0.1, 0.15) is 16.3 Å². The van der Waals surface area contributed by atoms with Crippen molar-refractivity contribution in [2.75, 3.05) is 0 Å². The summed E-state index contributed by atoms with van der Waals surface area (Å²) in [5, 5.41) is 6.42. The van der Waals surface area contributed by atoms with Crippen LogP contribution in [0, 0.1) is 0 Å². The van der Waals surface area contributed by atoms with Gasteiger partial charge in [-0.25, -0.2) is 14.5 Å². The zero-order valence-electron chi connectivity index (χ0n) is 14.7. The van der Waals surface area contributed by atoms with E-state index in [2.05, 4.69) is 20.1 Å². The van der Waals surface area contributed by atoms with Crippen LogP contribution in [0.4, 0.5) is 13.2 Å². The highest BCUT2D eigenvalue weighted by Gasteiger charge is 2.34. The Morgan fingerprint density at radius 2 is 1.90 bits per heavy atom. The third-order valence-electron chi connectivity index (χ3n) is 4.55. The van der Waals surface area contributed by atoms with E-state index in [0.717, 1.165) is 12.3 Å². The monoisotopic (exact) mass is 447 g/mol. The summed E-state index contributed by atoms with van der Waals surface area (Å²) in [6, 6.07) is 7.95. The summed E-state index contributed by atoms with van der Waals surface area (Å²) in [6.45, 7) is 0. The van der Waals surface area contributed by atoms with Gasteiger partial charge in [-0.2, -0.15) is 18.3 Å². The van der Waals surface area contributed by atoms with Gasteiger partial charge in [-0.05, 0) is 12.1 Å². The molecule has 0 fully saturated rings. The third-order valence-corrected chi connectivity index (χ3v) is 5.76.